The third-order valence-corrected chi connectivity index (χ3v) is 8.21. The Morgan fingerprint density at radius 1 is 1.02 bits per heavy atom. The lowest BCUT2D eigenvalue weighted by Crippen LogP contribution is -2.39. The summed E-state index contributed by atoms with van der Waals surface area (Å²) in [4.78, 5) is 45.3. The van der Waals surface area contributed by atoms with Gasteiger partial charge in [-0.3, -0.25) is 14.4 Å². The molecule has 0 unspecified atom stereocenters. The van der Waals surface area contributed by atoms with Crippen molar-refractivity contribution in [2.75, 3.05) is 30.3 Å². The molecule has 1 aromatic heterocycles. The smallest absolute Gasteiger partial charge is 0.293 e. The molecule has 1 aliphatic rings. The molecule has 0 radical (unpaired) electrons. The second kappa shape index (κ2) is 14.3. The Hall–Kier alpha value is -4.83. The monoisotopic (exact) mass is 611 g/mol. The van der Waals surface area contributed by atoms with Crippen molar-refractivity contribution >= 4 is 29.0 Å². The van der Waals surface area contributed by atoms with Crippen molar-refractivity contribution < 1.29 is 19.1 Å². The lowest BCUT2D eigenvalue weighted by Gasteiger charge is -2.31. The van der Waals surface area contributed by atoms with Crippen molar-refractivity contribution in [2.45, 2.75) is 39.0 Å². The number of nitrogens with zero attached hydrogens (tertiary/aromatic N) is 3. The fourth-order valence-corrected chi connectivity index (χ4v) is 5.49. The number of aryl methyl sites for hydroxylation is 2. The minimum Gasteiger partial charge on any atom is -0.396 e. The maximum absolute atomic E-state index is 15.8. The van der Waals surface area contributed by atoms with Crippen LogP contribution in [0.15, 0.2) is 77.7 Å². The second-order valence-corrected chi connectivity index (χ2v) is 11.4. The molecule has 0 saturated carbocycles. The van der Waals surface area contributed by atoms with Gasteiger partial charge in [-0.2, -0.15) is 0 Å². The van der Waals surface area contributed by atoms with Crippen LogP contribution in [0, 0.1) is 11.7 Å². The molecule has 1 aliphatic heterocycles. The average Bonchev–Trinajstić information content (AvgIpc) is 3.07. The SMILES string of the molecule is CCCCc1ccccc1C(=O)Nc1cccc(-c2cn(C)c(=O)c(Nc3ccc(C(=O)N4CCC(CO)CC4)cc3)n2)c1F. The highest BCUT2D eigenvalue weighted by Gasteiger charge is 2.23. The van der Waals surface area contributed by atoms with Gasteiger partial charge in [0.1, 0.15) is 0 Å². The van der Waals surface area contributed by atoms with Crippen LogP contribution in [-0.4, -0.2) is 51.1 Å². The van der Waals surface area contributed by atoms with E-state index in [-0.39, 0.29) is 41.2 Å². The van der Waals surface area contributed by atoms with E-state index in [0.717, 1.165) is 37.7 Å². The number of unbranched alkanes of at least 4 members (excludes halogenated alkanes) is 1. The van der Waals surface area contributed by atoms with Gasteiger partial charge in [0.25, 0.3) is 17.4 Å². The number of nitrogens with one attached hydrogen (secondary N) is 2. The van der Waals surface area contributed by atoms with Crippen molar-refractivity contribution in [3.8, 4) is 11.3 Å². The normalized spacial score (nSPS) is 13.5. The number of aliphatic hydroxyl groups excluding tert-OH is 1. The van der Waals surface area contributed by atoms with Crippen LogP contribution in [0.1, 0.15) is 58.9 Å². The highest BCUT2D eigenvalue weighted by Crippen LogP contribution is 2.28. The highest BCUT2D eigenvalue weighted by atomic mass is 19.1. The number of hydrogen-bond acceptors (Lipinski definition) is 6. The van der Waals surface area contributed by atoms with E-state index < -0.39 is 17.3 Å². The number of likely N-dealkylation sites (tertiary alicyclic amines) is 1. The minimum atomic E-state index is -0.667. The molecule has 0 bridgehead atoms. The van der Waals surface area contributed by atoms with Crippen molar-refractivity contribution in [3.05, 3.63) is 106 Å². The van der Waals surface area contributed by atoms with E-state index in [1.807, 2.05) is 12.1 Å². The summed E-state index contributed by atoms with van der Waals surface area (Å²) in [6.45, 7) is 3.43. The number of hydrogen-bond donors (Lipinski definition) is 3. The predicted octanol–water partition coefficient (Wildman–Crippen LogP) is 5.77. The van der Waals surface area contributed by atoms with E-state index in [4.69, 9.17) is 0 Å². The molecule has 2 heterocycles. The van der Waals surface area contributed by atoms with Gasteiger partial charge in [0.15, 0.2) is 11.6 Å². The Bertz CT molecular complexity index is 1730. The Labute approximate surface area is 261 Å². The fraction of sp³-hybridized carbons (Fsp3) is 0.314. The van der Waals surface area contributed by atoms with Crippen LogP contribution in [-0.2, 0) is 13.5 Å². The van der Waals surface area contributed by atoms with Gasteiger partial charge in [0.2, 0.25) is 0 Å². The van der Waals surface area contributed by atoms with Crippen LogP contribution in [0.3, 0.4) is 0 Å². The highest BCUT2D eigenvalue weighted by molar-refractivity contribution is 6.05. The Kier molecular flexibility index (Phi) is 10.0. The molecule has 234 valence electrons. The molecule has 3 aromatic carbocycles. The van der Waals surface area contributed by atoms with E-state index in [0.29, 0.717) is 29.9 Å². The van der Waals surface area contributed by atoms with Crippen molar-refractivity contribution in [2.24, 2.45) is 13.0 Å². The first-order valence-electron chi connectivity index (χ1n) is 15.3. The van der Waals surface area contributed by atoms with E-state index in [9.17, 15) is 19.5 Å². The van der Waals surface area contributed by atoms with Gasteiger partial charge in [0, 0.05) is 55.3 Å². The first kappa shape index (κ1) is 31.6. The summed E-state index contributed by atoms with van der Waals surface area (Å²) in [5.41, 5.74) is 2.38. The Balaban J connectivity index is 1.34. The van der Waals surface area contributed by atoms with Gasteiger partial charge in [-0.1, -0.05) is 37.6 Å². The number of amides is 2. The van der Waals surface area contributed by atoms with Gasteiger partial charge >= 0.3 is 0 Å². The zero-order chi connectivity index (χ0) is 31.9. The largest absolute Gasteiger partial charge is 0.396 e. The number of anilines is 3. The lowest BCUT2D eigenvalue weighted by molar-refractivity contribution is 0.0651. The van der Waals surface area contributed by atoms with Crippen LogP contribution in [0.5, 0.6) is 0 Å². The molecule has 10 heteroatoms. The van der Waals surface area contributed by atoms with Crippen molar-refractivity contribution in [1.82, 2.24) is 14.5 Å². The van der Waals surface area contributed by atoms with Crippen LogP contribution >= 0.6 is 0 Å². The van der Waals surface area contributed by atoms with Gasteiger partial charge in [-0.15, -0.1) is 0 Å². The summed E-state index contributed by atoms with van der Waals surface area (Å²) in [6, 6.07) is 18.7. The number of aromatic nitrogens is 2. The van der Waals surface area contributed by atoms with Crippen LogP contribution in [0.25, 0.3) is 11.3 Å². The van der Waals surface area contributed by atoms with Crippen molar-refractivity contribution in [1.29, 1.82) is 0 Å². The molecule has 3 N–H and O–H groups in total. The van der Waals surface area contributed by atoms with Crippen LogP contribution < -0.4 is 16.2 Å². The van der Waals surface area contributed by atoms with E-state index in [1.54, 1.807) is 60.5 Å². The summed E-state index contributed by atoms with van der Waals surface area (Å²) >= 11 is 0. The summed E-state index contributed by atoms with van der Waals surface area (Å²) in [5, 5.41) is 15.1. The third kappa shape index (κ3) is 7.29. The maximum Gasteiger partial charge on any atom is 0.293 e. The Morgan fingerprint density at radius 2 is 1.76 bits per heavy atom. The zero-order valence-corrected chi connectivity index (χ0v) is 25.6. The molecule has 1 saturated heterocycles. The van der Waals surface area contributed by atoms with E-state index in [2.05, 4.69) is 22.5 Å². The van der Waals surface area contributed by atoms with Gasteiger partial charge in [-0.05, 0) is 79.6 Å². The summed E-state index contributed by atoms with van der Waals surface area (Å²) in [5.74, 6) is -0.927. The van der Waals surface area contributed by atoms with Gasteiger partial charge < -0.3 is 25.2 Å². The first-order chi connectivity index (χ1) is 21.8. The molecule has 1 fully saturated rings. The topological polar surface area (TPSA) is 117 Å². The molecule has 0 spiro atoms. The molecule has 45 heavy (non-hydrogen) atoms. The summed E-state index contributed by atoms with van der Waals surface area (Å²) in [7, 11) is 1.55. The zero-order valence-electron chi connectivity index (χ0n) is 25.6. The second-order valence-electron chi connectivity index (χ2n) is 11.4. The van der Waals surface area contributed by atoms with Gasteiger partial charge in [-0.25, -0.2) is 9.37 Å². The summed E-state index contributed by atoms with van der Waals surface area (Å²) < 4.78 is 17.1. The number of carbonyl (C=O) groups is 2. The third-order valence-electron chi connectivity index (χ3n) is 8.21. The number of piperidine rings is 1. The molecule has 0 atom stereocenters. The number of benzene rings is 3. The van der Waals surface area contributed by atoms with E-state index in [1.165, 1.54) is 16.8 Å². The standard InChI is InChI=1S/C35H38FN5O4/c1-3-4-8-24-9-5-6-10-27(24)33(43)39-29-12-7-11-28(31(29)36)30-21-40(2)35(45)32(38-30)37-26-15-13-25(14-16-26)34(44)41-19-17-23(22-42)18-20-41/h5-7,9-16,21,23,42H,3-4,8,17-20,22H2,1-2H3,(H,37,38)(H,39,43). The minimum absolute atomic E-state index is 0.00815. The molecule has 5 rings (SSSR count). The molecule has 0 aliphatic carbocycles. The van der Waals surface area contributed by atoms with E-state index >= 15 is 4.39 Å². The summed E-state index contributed by atoms with van der Waals surface area (Å²) in [6.07, 6.45) is 5.68. The first-order valence-corrected chi connectivity index (χ1v) is 15.3. The predicted molar refractivity (Wildman–Crippen MR) is 173 cm³/mol. The quantitative estimate of drug-likeness (QED) is 0.210. The molecule has 4 aromatic rings. The van der Waals surface area contributed by atoms with Crippen LogP contribution in [0.2, 0.25) is 0 Å². The maximum atomic E-state index is 15.8. The van der Waals surface area contributed by atoms with Gasteiger partial charge in [0.05, 0.1) is 11.4 Å². The molecular weight excluding hydrogens is 573 g/mol. The number of halogens is 1. The average molecular weight is 612 g/mol. The van der Waals surface area contributed by atoms with Crippen molar-refractivity contribution in [3.63, 3.8) is 0 Å². The molecule has 2 amide bonds. The number of rotatable bonds is 10. The number of aliphatic hydroxyl groups is 1. The van der Waals surface area contributed by atoms with Crippen LogP contribution in [0.4, 0.5) is 21.6 Å². The Morgan fingerprint density at radius 3 is 2.47 bits per heavy atom. The fourth-order valence-electron chi connectivity index (χ4n) is 5.49. The molecule has 9 nitrogen and oxygen atoms in total. The molecular formula is C35H38FN5O4. The number of carbonyl (C=O) groups excluding carboxylic acids is 2. The lowest BCUT2D eigenvalue weighted by atomic mass is 9.97.